The van der Waals surface area contributed by atoms with Crippen LogP contribution < -0.4 is 5.32 Å². The van der Waals surface area contributed by atoms with Crippen LogP contribution >= 0.6 is 0 Å². The summed E-state index contributed by atoms with van der Waals surface area (Å²) in [5, 5.41) is 12.4. The maximum atomic E-state index is 11.3. The van der Waals surface area contributed by atoms with Gasteiger partial charge in [-0.1, -0.05) is 5.92 Å². The van der Waals surface area contributed by atoms with Crippen molar-refractivity contribution in [1.82, 2.24) is 20.2 Å². The van der Waals surface area contributed by atoms with Crippen molar-refractivity contribution < 1.29 is 9.90 Å². The Morgan fingerprint density at radius 2 is 2.26 bits per heavy atom. The maximum Gasteiger partial charge on any atom is 0.408 e. The molecule has 0 radical (unpaired) electrons. The highest BCUT2D eigenvalue weighted by Crippen LogP contribution is 2.11. The van der Waals surface area contributed by atoms with Crippen LogP contribution in [0.4, 0.5) is 4.79 Å². The minimum Gasteiger partial charge on any atom is -0.465 e. The van der Waals surface area contributed by atoms with E-state index in [-0.39, 0.29) is 12.6 Å². The summed E-state index contributed by atoms with van der Waals surface area (Å²) in [6, 6.07) is 0.0508. The highest BCUT2D eigenvalue weighted by Gasteiger charge is 2.23. The quantitative estimate of drug-likeness (QED) is 0.760. The molecule has 6 nitrogen and oxygen atoms in total. The van der Waals surface area contributed by atoms with Gasteiger partial charge < -0.3 is 10.4 Å². The van der Waals surface area contributed by atoms with Gasteiger partial charge in [-0.15, -0.1) is 0 Å². The van der Waals surface area contributed by atoms with Gasteiger partial charge in [-0.2, -0.15) is 0 Å². The van der Waals surface area contributed by atoms with Crippen molar-refractivity contribution in [2.75, 3.05) is 19.6 Å². The Morgan fingerprint density at radius 1 is 1.47 bits per heavy atom. The minimum absolute atomic E-state index is 0.0508. The van der Waals surface area contributed by atoms with Crippen molar-refractivity contribution in [1.29, 1.82) is 0 Å². The van der Waals surface area contributed by atoms with E-state index in [1.54, 1.807) is 18.6 Å². The second kappa shape index (κ2) is 6.71. The van der Waals surface area contributed by atoms with E-state index in [4.69, 9.17) is 0 Å². The van der Waals surface area contributed by atoms with Crippen molar-refractivity contribution in [3.63, 3.8) is 0 Å². The topological polar surface area (TPSA) is 78.3 Å². The fourth-order valence-corrected chi connectivity index (χ4v) is 2.05. The molecule has 1 aromatic rings. The smallest absolute Gasteiger partial charge is 0.408 e. The molecule has 19 heavy (non-hydrogen) atoms. The molecule has 1 saturated heterocycles. The first kappa shape index (κ1) is 13.3. The van der Waals surface area contributed by atoms with Gasteiger partial charge >= 0.3 is 6.09 Å². The molecule has 6 heteroatoms. The Hall–Kier alpha value is -2.13. The molecule has 0 saturated carbocycles. The van der Waals surface area contributed by atoms with Crippen molar-refractivity contribution >= 4 is 6.09 Å². The first-order valence-electron chi connectivity index (χ1n) is 6.22. The van der Waals surface area contributed by atoms with Crippen LogP contribution in [-0.2, 0) is 0 Å². The molecular formula is C13H16N4O2. The van der Waals surface area contributed by atoms with Gasteiger partial charge in [0.05, 0.1) is 12.7 Å². The Balaban J connectivity index is 1.97. The van der Waals surface area contributed by atoms with Crippen LogP contribution in [0.1, 0.15) is 18.5 Å². The fourth-order valence-electron chi connectivity index (χ4n) is 2.05. The SMILES string of the molecule is O=C(O)N(CC#Cc1cnccn1)C1CCNCC1. The van der Waals surface area contributed by atoms with Gasteiger partial charge in [-0.25, -0.2) is 9.78 Å². The second-order valence-corrected chi connectivity index (χ2v) is 4.28. The number of carbonyl (C=O) groups is 1. The van der Waals surface area contributed by atoms with E-state index in [2.05, 4.69) is 27.1 Å². The average molecular weight is 260 g/mol. The zero-order valence-electron chi connectivity index (χ0n) is 10.5. The van der Waals surface area contributed by atoms with E-state index in [1.165, 1.54) is 4.90 Å². The number of hydrogen-bond acceptors (Lipinski definition) is 4. The highest BCUT2D eigenvalue weighted by atomic mass is 16.4. The number of amides is 1. The van der Waals surface area contributed by atoms with Gasteiger partial charge in [0.15, 0.2) is 0 Å². The summed E-state index contributed by atoms with van der Waals surface area (Å²) in [6.07, 6.45) is 5.44. The van der Waals surface area contributed by atoms with Gasteiger partial charge in [0.2, 0.25) is 0 Å². The predicted octanol–water partition coefficient (Wildman–Crippen LogP) is 0.560. The summed E-state index contributed by atoms with van der Waals surface area (Å²) < 4.78 is 0. The van der Waals surface area contributed by atoms with Crippen LogP contribution in [0.25, 0.3) is 0 Å². The molecule has 1 aliphatic heterocycles. The molecule has 2 rings (SSSR count). The summed E-state index contributed by atoms with van der Waals surface area (Å²) in [5.41, 5.74) is 0.554. The lowest BCUT2D eigenvalue weighted by Crippen LogP contribution is -2.45. The Morgan fingerprint density at radius 3 is 2.89 bits per heavy atom. The van der Waals surface area contributed by atoms with E-state index < -0.39 is 6.09 Å². The lowest BCUT2D eigenvalue weighted by molar-refractivity contribution is 0.122. The van der Waals surface area contributed by atoms with Crippen molar-refractivity contribution in [3.05, 3.63) is 24.3 Å². The number of aromatic nitrogens is 2. The predicted molar refractivity (Wildman–Crippen MR) is 69.5 cm³/mol. The third-order valence-corrected chi connectivity index (χ3v) is 3.02. The zero-order chi connectivity index (χ0) is 13.5. The molecular weight excluding hydrogens is 244 g/mol. The Labute approximate surface area is 111 Å². The molecule has 2 heterocycles. The molecule has 100 valence electrons. The van der Waals surface area contributed by atoms with Crippen LogP contribution in [0.5, 0.6) is 0 Å². The molecule has 0 bridgehead atoms. The van der Waals surface area contributed by atoms with E-state index in [0.717, 1.165) is 25.9 Å². The van der Waals surface area contributed by atoms with Crippen LogP contribution in [0.3, 0.4) is 0 Å². The molecule has 0 aromatic carbocycles. The molecule has 0 spiro atoms. The average Bonchev–Trinajstić information content (AvgIpc) is 2.45. The Kier molecular flexibility index (Phi) is 4.70. The number of nitrogens with one attached hydrogen (secondary N) is 1. The maximum absolute atomic E-state index is 11.3. The summed E-state index contributed by atoms with van der Waals surface area (Å²) in [5.74, 6) is 5.68. The van der Waals surface area contributed by atoms with Crippen LogP contribution in [0, 0.1) is 11.8 Å². The second-order valence-electron chi connectivity index (χ2n) is 4.28. The summed E-state index contributed by atoms with van der Waals surface area (Å²) in [7, 11) is 0. The van der Waals surface area contributed by atoms with Crippen molar-refractivity contribution in [2.24, 2.45) is 0 Å². The van der Waals surface area contributed by atoms with E-state index >= 15 is 0 Å². The Bertz CT molecular complexity index is 474. The number of nitrogens with zero attached hydrogens (tertiary/aromatic N) is 3. The van der Waals surface area contributed by atoms with Crippen molar-refractivity contribution in [2.45, 2.75) is 18.9 Å². The molecule has 1 amide bonds. The molecule has 0 aliphatic carbocycles. The molecule has 2 N–H and O–H groups in total. The number of hydrogen-bond donors (Lipinski definition) is 2. The van der Waals surface area contributed by atoms with E-state index in [9.17, 15) is 9.90 Å². The lowest BCUT2D eigenvalue weighted by atomic mass is 10.1. The van der Waals surface area contributed by atoms with Crippen molar-refractivity contribution in [3.8, 4) is 11.8 Å². The highest BCUT2D eigenvalue weighted by molar-refractivity contribution is 5.66. The summed E-state index contributed by atoms with van der Waals surface area (Å²) in [6.45, 7) is 1.91. The molecule has 1 aromatic heterocycles. The molecule has 1 aliphatic rings. The van der Waals surface area contributed by atoms with Crippen LogP contribution in [0.2, 0.25) is 0 Å². The summed E-state index contributed by atoms with van der Waals surface area (Å²) in [4.78, 5) is 20.6. The standard InChI is InChI=1S/C13H16N4O2/c18-13(19)17(12-3-5-14-6-4-12)9-1-2-11-10-15-7-8-16-11/h7-8,10,12,14H,3-6,9H2,(H,18,19). The van der Waals surface area contributed by atoms with Crippen LogP contribution in [-0.4, -0.2) is 51.7 Å². The third-order valence-electron chi connectivity index (χ3n) is 3.02. The number of carboxylic acid groups (broad SMARTS) is 1. The molecule has 1 fully saturated rings. The number of piperidine rings is 1. The van der Waals surface area contributed by atoms with E-state index in [0.29, 0.717) is 5.69 Å². The zero-order valence-corrected chi connectivity index (χ0v) is 10.5. The monoisotopic (exact) mass is 260 g/mol. The van der Waals surface area contributed by atoms with E-state index in [1.807, 2.05) is 0 Å². The third kappa shape index (κ3) is 3.93. The van der Waals surface area contributed by atoms with Gasteiger partial charge in [0, 0.05) is 18.4 Å². The fraction of sp³-hybridized carbons (Fsp3) is 0.462. The van der Waals surface area contributed by atoms with Gasteiger partial charge in [0.25, 0.3) is 0 Å². The first-order chi connectivity index (χ1) is 9.27. The number of rotatable bonds is 2. The minimum atomic E-state index is -0.916. The van der Waals surface area contributed by atoms with Gasteiger partial charge in [-0.3, -0.25) is 9.88 Å². The normalized spacial score (nSPS) is 15.4. The first-order valence-corrected chi connectivity index (χ1v) is 6.22. The molecule has 0 atom stereocenters. The van der Waals surface area contributed by atoms with Gasteiger partial charge in [-0.05, 0) is 31.9 Å². The largest absolute Gasteiger partial charge is 0.465 e. The molecule has 0 unspecified atom stereocenters. The van der Waals surface area contributed by atoms with Crippen LogP contribution in [0.15, 0.2) is 18.6 Å². The lowest BCUT2D eigenvalue weighted by Gasteiger charge is -2.31. The summed E-state index contributed by atoms with van der Waals surface area (Å²) >= 11 is 0. The van der Waals surface area contributed by atoms with Gasteiger partial charge in [0.1, 0.15) is 5.69 Å².